The SMILES string of the molecule is COc1ccc(C2=NO[C@@H](CNCc3cccc(C(F)(F)F)c3)C2)cc1OC. The lowest BCUT2D eigenvalue weighted by Gasteiger charge is -2.12. The summed E-state index contributed by atoms with van der Waals surface area (Å²) in [5.74, 6) is 1.24. The van der Waals surface area contributed by atoms with Gasteiger partial charge >= 0.3 is 6.18 Å². The van der Waals surface area contributed by atoms with E-state index in [2.05, 4.69) is 10.5 Å². The molecule has 0 saturated carbocycles. The normalized spacial score (nSPS) is 16.5. The molecule has 2 aromatic rings. The molecule has 0 unspecified atom stereocenters. The average Bonchev–Trinajstić information content (AvgIpc) is 3.16. The van der Waals surface area contributed by atoms with Crippen molar-refractivity contribution in [1.82, 2.24) is 5.32 Å². The fraction of sp³-hybridized carbons (Fsp3) is 0.350. The molecule has 1 N–H and O–H groups in total. The van der Waals surface area contributed by atoms with Gasteiger partial charge in [-0.05, 0) is 29.8 Å². The van der Waals surface area contributed by atoms with Crippen molar-refractivity contribution in [3.05, 3.63) is 59.2 Å². The molecule has 0 amide bonds. The molecule has 0 spiro atoms. The van der Waals surface area contributed by atoms with Crippen molar-refractivity contribution in [1.29, 1.82) is 0 Å². The second-order valence-corrected chi connectivity index (χ2v) is 6.37. The minimum atomic E-state index is -4.34. The second-order valence-electron chi connectivity index (χ2n) is 6.37. The van der Waals surface area contributed by atoms with E-state index in [1.54, 1.807) is 26.4 Å². The molecule has 0 saturated heterocycles. The molecule has 1 aliphatic heterocycles. The highest BCUT2D eigenvalue weighted by atomic mass is 19.4. The zero-order chi connectivity index (χ0) is 20.1. The first-order chi connectivity index (χ1) is 13.4. The van der Waals surface area contributed by atoms with Gasteiger partial charge in [-0.1, -0.05) is 23.4 Å². The van der Waals surface area contributed by atoms with Gasteiger partial charge in [0.1, 0.15) is 6.10 Å². The number of nitrogens with one attached hydrogen (secondary N) is 1. The van der Waals surface area contributed by atoms with E-state index in [0.29, 0.717) is 36.6 Å². The number of benzene rings is 2. The summed E-state index contributed by atoms with van der Waals surface area (Å²) in [7, 11) is 3.13. The van der Waals surface area contributed by atoms with Gasteiger partial charge in [0.05, 0.1) is 25.5 Å². The third kappa shape index (κ3) is 4.75. The molecule has 1 aliphatic rings. The number of oxime groups is 1. The number of alkyl halides is 3. The van der Waals surface area contributed by atoms with Crippen molar-refractivity contribution in [3.8, 4) is 11.5 Å². The first-order valence-electron chi connectivity index (χ1n) is 8.72. The summed E-state index contributed by atoms with van der Waals surface area (Å²) in [5.41, 5.74) is 1.57. The molecule has 0 bridgehead atoms. The standard InChI is InChI=1S/C20H21F3N2O3/c1-26-18-7-6-14(9-19(18)27-2)17-10-16(28-25-17)12-24-11-13-4-3-5-15(8-13)20(21,22)23/h3-9,16,24H,10-12H2,1-2H3/t16-/m1/s1. The predicted octanol–water partition coefficient (Wildman–Crippen LogP) is 4.01. The summed E-state index contributed by atoms with van der Waals surface area (Å²) in [6, 6.07) is 10.8. The zero-order valence-electron chi connectivity index (χ0n) is 15.5. The van der Waals surface area contributed by atoms with Crippen LogP contribution in [0.2, 0.25) is 0 Å². The Bertz CT molecular complexity index is 853. The van der Waals surface area contributed by atoms with Gasteiger partial charge in [0.15, 0.2) is 11.5 Å². The Hall–Kier alpha value is -2.74. The third-order valence-corrected chi connectivity index (χ3v) is 4.41. The predicted molar refractivity (Wildman–Crippen MR) is 98.7 cm³/mol. The molecule has 2 aromatic carbocycles. The van der Waals surface area contributed by atoms with E-state index in [9.17, 15) is 13.2 Å². The van der Waals surface area contributed by atoms with Crippen LogP contribution in [0.3, 0.4) is 0 Å². The van der Waals surface area contributed by atoms with Crippen LogP contribution in [0.25, 0.3) is 0 Å². The van der Waals surface area contributed by atoms with Gasteiger partial charge in [0.2, 0.25) is 0 Å². The highest BCUT2D eigenvalue weighted by Gasteiger charge is 2.30. The van der Waals surface area contributed by atoms with E-state index < -0.39 is 11.7 Å². The lowest BCUT2D eigenvalue weighted by atomic mass is 10.0. The topological polar surface area (TPSA) is 52.1 Å². The molecule has 3 rings (SSSR count). The molecule has 1 heterocycles. The van der Waals surface area contributed by atoms with Crippen LogP contribution >= 0.6 is 0 Å². The molecule has 150 valence electrons. The first-order valence-corrected chi connectivity index (χ1v) is 8.72. The number of ether oxygens (including phenoxy) is 2. The van der Waals surface area contributed by atoms with Crippen LogP contribution in [0, 0.1) is 0 Å². The zero-order valence-corrected chi connectivity index (χ0v) is 15.5. The average molecular weight is 394 g/mol. The first kappa shape index (κ1) is 20.0. The van der Waals surface area contributed by atoms with E-state index in [1.807, 2.05) is 12.1 Å². The summed E-state index contributed by atoms with van der Waals surface area (Å²) in [6.45, 7) is 0.784. The van der Waals surface area contributed by atoms with Crippen LogP contribution in [0.1, 0.15) is 23.1 Å². The Morgan fingerprint density at radius 3 is 2.61 bits per heavy atom. The lowest BCUT2D eigenvalue weighted by Crippen LogP contribution is -2.26. The van der Waals surface area contributed by atoms with Crippen LogP contribution < -0.4 is 14.8 Å². The highest BCUT2D eigenvalue weighted by Crippen LogP contribution is 2.30. The minimum Gasteiger partial charge on any atom is -0.493 e. The number of hydrogen-bond acceptors (Lipinski definition) is 5. The van der Waals surface area contributed by atoms with Crippen molar-refractivity contribution in [2.45, 2.75) is 25.2 Å². The van der Waals surface area contributed by atoms with Crippen LogP contribution in [-0.2, 0) is 17.6 Å². The molecular formula is C20H21F3N2O3. The third-order valence-electron chi connectivity index (χ3n) is 4.41. The number of hydrogen-bond donors (Lipinski definition) is 1. The van der Waals surface area contributed by atoms with Crippen molar-refractivity contribution in [3.63, 3.8) is 0 Å². The van der Waals surface area contributed by atoms with Gasteiger partial charge in [-0.25, -0.2) is 0 Å². The van der Waals surface area contributed by atoms with Crippen molar-refractivity contribution in [2.75, 3.05) is 20.8 Å². The summed E-state index contributed by atoms with van der Waals surface area (Å²) in [5, 5.41) is 7.25. The quantitative estimate of drug-likeness (QED) is 0.771. The Kier molecular flexibility index (Phi) is 6.08. The lowest BCUT2D eigenvalue weighted by molar-refractivity contribution is -0.137. The Morgan fingerprint density at radius 1 is 1.11 bits per heavy atom. The summed E-state index contributed by atoms with van der Waals surface area (Å²) in [6.07, 6.45) is -3.94. The number of nitrogens with zero attached hydrogens (tertiary/aromatic N) is 1. The molecule has 28 heavy (non-hydrogen) atoms. The van der Waals surface area contributed by atoms with E-state index in [4.69, 9.17) is 14.3 Å². The fourth-order valence-electron chi connectivity index (χ4n) is 2.96. The maximum atomic E-state index is 12.8. The molecule has 8 heteroatoms. The van der Waals surface area contributed by atoms with Gasteiger partial charge in [0, 0.05) is 25.1 Å². The number of halogens is 3. The molecule has 0 radical (unpaired) electrons. The minimum absolute atomic E-state index is 0.186. The summed E-state index contributed by atoms with van der Waals surface area (Å²) >= 11 is 0. The van der Waals surface area contributed by atoms with Crippen LogP contribution in [0.15, 0.2) is 47.6 Å². The molecule has 1 atom stereocenters. The molecule has 5 nitrogen and oxygen atoms in total. The van der Waals surface area contributed by atoms with Gasteiger partial charge in [0.25, 0.3) is 0 Å². The molecule has 0 aromatic heterocycles. The highest BCUT2D eigenvalue weighted by molar-refractivity contribution is 6.01. The van der Waals surface area contributed by atoms with E-state index in [0.717, 1.165) is 23.4 Å². The van der Waals surface area contributed by atoms with Crippen molar-refractivity contribution >= 4 is 5.71 Å². The Balaban J connectivity index is 1.53. The second kappa shape index (κ2) is 8.52. The maximum absolute atomic E-state index is 12.8. The van der Waals surface area contributed by atoms with Gasteiger partial charge in [-0.3, -0.25) is 0 Å². The maximum Gasteiger partial charge on any atom is 0.416 e. The van der Waals surface area contributed by atoms with Crippen LogP contribution in [-0.4, -0.2) is 32.6 Å². The molecule has 0 aliphatic carbocycles. The largest absolute Gasteiger partial charge is 0.493 e. The summed E-state index contributed by atoms with van der Waals surface area (Å²) < 4.78 is 48.8. The molecule has 0 fully saturated rings. The smallest absolute Gasteiger partial charge is 0.416 e. The Morgan fingerprint density at radius 2 is 1.89 bits per heavy atom. The van der Waals surface area contributed by atoms with Crippen LogP contribution in [0.4, 0.5) is 13.2 Å². The van der Waals surface area contributed by atoms with E-state index >= 15 is 0 Å². The summed E-state index contributed by atoms with van der Waals surface area (Å²) in [4.78, 5) is 5.44. The van der Waals surface area contributed by atoms with E-state index in [-0.39, 0.29) is 6.10 Å². The molecular weight excluding hydrogens is 373 g/mol. The number of methoxy groups -OCH3 is 2. The number of rotatable bonds is 7. The Labute approximate surface area is 161 Å². The van der Waals surface area contributed by atoms with E-state index in [1.165, 1.54) is 6.07 Å². The van der Waals surface area contributed by atoms with Crippen molar-refractivity contribution in [2.24, 2.45) is 5.16 Å². The van der Waals surface area contributed by atoms with Gasteiger partial charge < -0.3 is 19.6 Å². The van der Waals surface area contributed by atoms with Crippen LogP contribution in [0.5, 0.6) is 11.5 Å². The van der Waals surface area contributed by atoms with Crippen molar-refractivity contribution < 1.29 is 27.5 Å². The fourth-order valence-corrected chi connectivity index (χ4v) is 2.96. The monoisotopic (exact) mass is 394 g/mol. The van der Waals surface area contributed by atoms with Gasteiger partial charge in [-0.2, -0.15) is 13.2 Å². The van der Waals surface area contributed by atoms with Gasteiger partial charge in [-0.15, -0.1) is 0 Å².